The number of rotatable bonds is 11. The van der Waals surface area contributed by atoms with Crippen LogP contribution in [0.15, 0.2) is 23.3 Å². The van der Waals surface area contributed by atoms with Crippen molar-refractivity contribution in [3.8, 4) is 0 Å². The number of aromatic nitrogens is 3. The molecular weight excluding hydrogens is 588 g/mol. The first-order valence-electron chi connectivity index (χ1n) is 13.4. The molecule has 0 unspecified atom stereocenters. The highest BCUT2D eigenvalue weighted by molar-refractivity contribution is 5.83. The van der Waals surface area contributed by atoms with Crippen molar-refractivity contribution in [1.82, 2.24) is 20.1 Å². The first-order valence-corrected chi connectivity index (χ1v) is 13.4. The molecule has 0 aliphatic carbocycles. The molecule has 2 aromatic rings. The van der Waals surface area contributed by atoms with E-state index >= 15 is 0 Å². The third-order valence-electron chi connectivity index (χ3n) is 6.74. The minimum Gasteiger partial charge on any atom is -0.379 e. The topological polar surface area (TPSA) is 124 Å². The maximum atomic E-state index is 13.4. The van der Waals surface area contributed by atoms with Crippen molar-refractivity contribution in [3.05, 3.63) is 39.9 Å². The lowest BCUT2D eigenvalue weighted by Crippen LogP contribution is -2.54. The van der Waals surface area contributed by atoms with Gasteiger partial charge in [-0.25, -0.2) is 10.1 Å². The molecule has 238 valence electrons. The second-order valence-electron chi connectivity index (χ2n) is 10.4. The van der Waals surface area contributed by atoms with E-state index in [1.165, 1.54) is 4.90 Å². The van der Waals surface area contributed by atoms with E-state index in [4.69, 9.17) is 4.74 Å². The molecule has 2 atom stereocenters. The molecule has 0 radical (unpaired) electrons. The minimum atomic E-state index is -4.89. The van der Waals surface area contributed by atoms with Crippen LogP contribution in [0, 0.1) is 0 Å². The Morgan fingerprint density at radius 3 is 2.47 bits per heavy atom. The molecule has 0 saturated carbocycles. The van der Waals surface area contributed by atoms with Gasteiger partial charge in [0.2, 0.25) is 12.3 Å². The zero-order valence-corrected chi connectivity index (χ0v) is 23.9. The lowest BCUT2D eigenvalue weighted by molar-refractivity contribution is -0.138. The maximum Gasteiger partial charge on any atom is 0.423 e. The first-order chi connectivity index (χ1) is 20.0. The number of H-pyrrole nitrogens is 1. The zero-order valence-electron chi connectivity index (χ0n) is 23.9. The fourth-order valence-electron chi connectivity index (χ4n) is 4.64. The van der Waals surface area contributed by atoms with Crippen molar-refractivity contribution < 1.29 is 40.7 Å². The van der Waals surface area contributed by atoms with Crippen LogP contribution in [-0.2, 0) is 26.7 Å². The summed E-state index contributed by atoms with van der Waals surface area (Å²) in [6, 6.07) is -0.538. The SMILES string of the molecule is CC(C)N(C=O)c1cc(C(F)(F)F)cnc1N1CCN(C(=O)CCOC[C@H](C)Nc2cn[nH]c(=O)c2C(F)(F)F)C[C@@H]1C. The summed E-state index contributed by atoms with van der Waals surface area (Å²) in [6.45, 7) is 7.29. The Bertz CT molecular complexity index is 1330. The molecule has 3 rings (SSSR count). The fourth-order valence-corrected chi connectivity index (χ4v) is 4.64. The Labute approximate surface area is 243 Å². The molecular formula is C26H33F6N7O4. The Hall–Kier alpha value is -3.89. The van der Waals surface area contributed by atoms with Gasteiger partial charge in [-0.1, -0.05) is 0 Å². The second-order valence-corrected chi connectivity index (χ2v) is 10.4. The second kappa shape index (κ2) is 13.6. The van der Waals surface area contributed by atoms with Gasteiger partial charge < -0.3 is 24.8 Å². The third-order valence-corrected chi connectivity index (χ3v) is 6.74. The van der Waals surface area contributed by atoms with E-state index in [-0.39, 0.29) is 62.7 Å². The van der Waals surface area contributed by atoms with E-state index in [0.29, 0.717) is 6.41 Å². The van der Waals surface area contributed by atoms with Crippen LogP contribution in [0.3, 0.4) is 0 Å². The highest BCUT2D eigenvalue weighted by atomic mass is 19.4. The number of nitrogens with zero attached hydrogens (tertiary/aromatic N) is 5. The molecule has 0 bridgehead atoms. The van der Waals surface area contributed by atoms with E-state index in [9.17, 15) is 40.7 Å². The van der Waals surface area contributed by atoms with Crippen LogP contribution >= 0.6 is 0 Å². The molecule has 1 aliphatic rings. The summed E-state index contributed by atoms with van der Waals surface area (Å²) >= 11 is 0. The van der Waals surface area contributed by atoms with Crippen LogP contribution in [0.1, 0.15) is 45.2 Å². The number of hydrogen-bond donors (Lipinski definition) is 2. The number of aromatic amines is 1. The lowest BCUT2D eigenvalue weighted by Gasteiger charge is -2.42. The number of halogens is 6. The summed E-state index contributed by atoms with van der Waals surface area (Å²) < 4.78 is 85.3. The zero-order chi connectivity index (χ0) is 32.1. The van der Waals surface area contributed by atoms with Gasteiger partial charge in [-0.3, -0.25) is 14.4 Å². The normalized spacial score (nSPS) is 16.8. The Balaban J connectivity index is 1.57. The molecule has 2 aromatic heterocycles. The summed E-state index contributed by atoms with van der Waals surface area (Å²) in [6.07, 6.45) is -7.53. The van der Waals surface area contributed by atoms with E-state index in [2.05, 4.69) is 15.4 Å². The maximum absolute atomic E-state index is 13.4. The average Bonchev–Trinajstić information content (AvgIpc) is 2.90. The fraction of sp³-hybridized carbons (Fsp3) is 0.577. The molecule has 43 heavy (non-hydrogen) atoms. The number of anilines is 3. The van der Waals surface area contributed by atoms with Crippen LogP contribution in [0.25, 0.3) is 0 Å². The van der Waals surface area contributed by atoms with E-state index < -0.39 is 46.8 Å². The van der Waals surface area contributed by atoms with E-state index in [0.717, 1.165) is 18.5 Å². The number of amides is 2. The van der Waals surface area contributed by atoms with Crippen molar-refractivity contribution in [2.24, 2.45) is 0 Å². The van der Waals surface area contributed by atoms with Gasteiger partial charge in [0.05, 0.1) is 42.8 Å². The monoisotopic (exact) mass is 621 g/mol. The van der Waals surface area contributed by atoms with Gasteiger partial charge >= 0.3 is 12.4 Å². The Morgan fingerprint density at radius 2 is 1.88 bits per heavy atom. The molecule has 1 aliphatic heterocycles. The smallest absolute Gasteiger partial charge is 0.379 e. The predicted molar refractivity (Wildman–Crippen MR) is 145 cm³/mol. The molecule has 17 heteroatoms. The van der Waals surface area contributed by atoms with Crippen LogP contribution < -0.4 is 20.7 Å². The summed E-state index contributed by atoms with van der Waals surface area (Å²) in [5.41, 5.74) is -4.25. The van der Waals surface area contributed by atoms with E-state index in [1.807, 2.05) is 0 Å². The van der Waals surface area contributed by atoms with Crippen LogP contribution in [0.2, 0.25) is 0 Å². The molecule has 1 saturated heterocycles. The van der Waals surface area contributed by atoms with Gasteiger partial charge in [-0.05, 0) is 33.8 Å². The summed E-state index contributed by atoms with van der Waals surface area (Å²) in [5, 5.41) is 7.69. The lowest BCUT2D eigenvalue weighted by atomic mass is 10.1. The predicted octanol–water partition coefficient (Wildman–Crippen LogP) is 3.52. The summed E-state index contributed by atoms with van der Waals surface area (Å²) in [5.74, 6) is -0.0509. The molecule has 2 N–H and O–H groups in total. The molecule has 0 spiro atoms. The van der Waals surface area contributed by atoms with Crippen molar-refractivity contribution in [1.29, 1.82) is 0 Å². The highest BCUT2D eigenvalue weighted by Gasteiger charge is 2.38. The Kier molecular flexibility index (Phi) is 10.6. The molecule has 11 nitrogen and oxygen atoms in total. The van der Waals surface area contributed by atoms with Crippen LogP contribution in [0.4, 0.5) is 43.5 Å². The van der Waals surface area contributed by atoms with Gasteiger partial charge in [0.15, 0.2) is 5.82 Å². The highest BCUT2D eigenvalue weighted by Crippen LogP contribution is 2.37. The molecule has 1 fully saturated rings. The third kappa shape index (κ3) is 8.36. The largest absolute Gasteiger partial charge is 0.423 e. The van der Waals surface area contributed by atoms with Crippen molar-refractivity contribution >= 4 is 29.5 Å². The quantitative estimate of drug-likeness (QED) is 0.222. The first kappa shape index (κ1) is 33.6. The van der Waals surface area contributed by atoms with Crippen LogP contribution in [-0.4, -0.2) is 83.4 Å². The summed E-state index contributed by atoms with van der Waals surface area (Å²) in [4.78, 5) is 44.7. The standard InChI is InChI=1S/C26H33F6N7O4/c1-15(2)39(14-40)20-9-18(25(27,28)29)10-33-23(20)38-7-6-37(12-17(38)4)21(41)5-8-43-13-16(3)35-19-11-34-36-24(42)22(19)26(30,31)32/h9-11,14-17H,5-8,12-13H2,1-4H3,(H2,35,36,42)/t16-,17-/m0/s1. The number of carbonyl (C=O) groups excluding carboxylic acids is 2. The van der Waals surface area contributed by atoms with Gasteiger partial charge in [0, 0.05) is 44.0 Å². The number of hydrogen-bond acceptors (Lipinski definition) is 8. The van der Waals surface area contributed by atoms with Gasteiger partial charge in [0.1, 0.15) is 5.56 Å². The number of ether oxygens (including phenoxy) is 1. The molecule has 3 heterocycles. The van der Waals surface area contributed by atoms with Gasteiger partial charge in [0.25, 0.3) is 5.56 Å². The molecule has 2 amide bonds. The van der Waals surface area contributed by atoms with Crippen LogP contribution in [0.5, 0.6) is 0 Å². The van der Waals surface area contributed by atoms with Gasteiger partial charge in [-0.15, -0.1) is 0 Å². The van der Waals surface area contributed by atoms with Crippen molar-refractivity contribution in [3.63, 3.8) is 0 Å². The average molecular weight is 622 g/mol. The number of alkyl halides is 6. The van der Waals surface area contributed by atoms with Crippen molar-refractivity contribution in [2.45, 2.75) is 64.6 Å². The number of piperazine rings is 1. The number of nitrogens with one attached hydrogen (secondary N) is 2. The van der Waals surface area contributed by atoms with E-state index in [1.54, 1.807) is 42.6 Å². The minimum absolute atomic E-state index is 0.0147. The van der Waals surface area contributed by atoms with Crippen molar-refractivity contribution in [2.75, 3.05) is 48.0 Å². The molecule has 0 aromatic carbocycles. The summed E-state index contributed by atoms with van der Waals surface area (Å²) in [7, 11) is 0. The Morgan fingerprint density at radius 1 is 1.19 bits per heavy atom. The van der Waals surface area contributed by atoms with Gasteiger partial charge in [-0.2, -0.15) is 31.4 Å². The number of carbonyl (C=O) groups is 2. The number of pyridine rings is 1.